The molecule has 0 atom stereocenters. The zero-order valence-electron chi connectivity index (χ0n) is 15.4. The fourth-order valence-electron chi connectivity index (χ4n) is 2.90. The van der Waals surface area contributed by atoms with E-state index in [0.29, 0.717) is 11.3 Å². The molecule has 0 aliphatic heterocycles. The minimum atomic E-state index is -0.693. The highest BCUT2D eigenvalue weighted by Crippen LogP contribution is 2.31. The molecule has 1 heterocycles. The second-order valence-corrected chi connectivity index (χ2v) is 6.00. The smallest absolute Gasteiger partial charge is 0.357 e. The van der Waals surface area contributed by atoms with Crippen molar-refractivity contribution in [1.29, 1.82) is 0 Å². The van der Waals surface area contributed by atoms with E-state index in [1.54, 1.807) is 6.07 Å². The van der Waals surface area contributed by atoms with Crippen molar-refractivity contribution in [2.45, 2.75) is 6.92 Å². The van der Waals surface area contributed by atoms with Crippen LogP contribution in [0.25, 0.3) is 22.4 Å². The quantitative estimate of drug-likeness (QED) is 0.648. The van der Waals surface area contributed by atoms with E-state index >= 15 is 0 Å². The predicted octanol–water partition coefficient (Wildman–Crippen LogP) is 4.30. The first-order valence-electron chi connectivity index (χ1n) is 8.39. The molecule has 0 saturated heterocycles. The van der Waals surface area contributed by atoms with Crippen LogP contribution in [-0.2, 0) is 9.47 Å². The van der Waals surface area contributed by atoms with E-state index in [1.165, 1.54) is 14.2 Å². The monoisotopic (exact) mass is 361 g/mol. The summed E-state index contributed by atoms with van der Waals surface area (Å²) in [5.41, 5.74) is 3.81. The van der Waals surface area contributed by atoms with Crippen molar-refractivity contribution >= 4 is 11.9 Å². The summed E-state index contributed by atoms with van der Waals surface area (Å²) in [4.78, 5) is 29.3. The van der Waals surface area contributed by atoms with Crippen molar-refractivity contribution < 1.29 is 19.1 Å². The van der Waals surface area contributed by atoms with Crippen molar-refractivity contribution in [3.63, 3.8) is 0 Å². The number of methoxy groups -OCH3 is 2. The number of carbonyl (C=O) groups excluding carboxylic acids is 2. The zero-order valence-corrected chi connectivity index (χ0v) is 15.4. The molecule has 5 heteroatoms. The van der Waals surface area contributed by atoms with Crippen LogP contribution in [-0.4, -0.2) is 31.1 Å². The summed E-state index contributed by atoms with van der Waals surface area (Å²) in [7, 11) is 2.53. The number of esters is 2. The third kappa shape index (κ3) is 3.72. The maximum atomic E-state index is 12.5. The van der Waals surface area contributed by atoms with Gasteiger partial charge in [-0.25, -0.2) is 14.6 Å². The van der Waals surface area contributed by atoms with Gasteiger partial charge in [-0.1, -0.05) is 60.2 Å². The van der Waals surface area contributed by atoms with Gasteiger partial charge in [0.1, 0.15) is 5.56 Å². The molecule has 3 rings (SSSR count). The van der Waals surface area contributed by atoms with Crippen molar-refractivity contribution in [3.8, 4) is 22.4 Å². The first-order valence-corrected chi connectivity index (χ1v) is 8.39. The summed E-state index contributed by atoms with van der Waals surface area (Å²) in [6.45, 7) is 1.96. The van der Waals surface area contributed by atoms with Gasteiger partial charge in [-0.3, -0.25) is 0 Å². The predicted molar refractivity (Wildman–Crippen MR) is 103 cm³/mol. The maximum Gasteiger partial charge on any atom is 0.357 e. The Kier molecular flexibility index (Phi) is 5.31. The van der Waals surface area contributed by atoms with E-state index in [-0.39, 0.29) is 11.3 Å². The molecule has 27 heavy (non-hydrogen) atoms. The minimum Gasteiger partial charge on any atom is -0.465 e. The summed E-state index contributed by atoms with van der Waals surface area (Å²) in [6, 6.07) is 18.9. The number of pyridine rings is 1. The highest BCUT2D eigenvalue weighted by atomic mass is 16.5. The Morgan fingerprint density at radius 2 is 1.48 bits per heavy atom. The van der Waals surface area contributed by atoms with Crippen LogP contribution in [0, 0.1) is 6.92 Å². The van der Waals surface area contributed by atoms with Gasteiger partial charge in [0.25, 0.3) is 0 Å². The number of nitrogens with zero attached hydrogens (tertiary/aromatic N) is 1. The third-order valence-electron chi connectivity index (χ3n) is 4.19. The van der Waals surface area contributed by atoms with Crippen LogP contribution in [0.15, 0.2) is 60.7 Å². The largest absolute Gasteiger partial charge is 0.465 e. The Bertz CT molecular complexity index is 996. The molecule has 3 aromatic rings. The van der Waals surface area contributed by atoms with Gasteiger partial charge < -0.3 is 9.47 Å². The standard InChI is InChI=1S/C22H19NO4/c1-14-8-7-11-16(12-14)17-13-18(15-9-5-4-6-10-15)23-20(22(25)27-3)19(17)21(24)26-2/h4-13H,1-3H3. The molecule has 5 nitrogen and oxygen atoms in total. The number of aromatic nitrogens is 1. The van der Waals surface area contributed by atoms with E-state index in [0.717, 1.165) is 16.7 Å². The van der Waals surface area contributed by atoms with Crippen LogP contribution >= 0.6 is 0 Å². The van der Waals surface area contributed by atoms with E-state index in [4.69, 9.17) is 9.47 Å². The van der Waals surface area contributed by atoms with Gasteiger partial charge in [0.2, 0.25) is 0 Å². The lowest BCUT2D eigenvalue weighted by molar-refractivity contribution is 0.0550. The summed E-state index contributed by atoms with van der Waals surface area (Å²) in [5.74, 6) is -1.33. The third-order valence-corrected chi connectivity index (χ3v) is 4.19. The molecule has 0 radical (unpaired) electrons. The average molecular weight is 361 g/mol. The first-order chi connectivity index (χ1) is 13.0. The first kappa shape index (κ1) is 18.3. The lowest BCUT2D eigenvalue weighted by Gasteiger charge is -2.15. The van der Waals surface area contributed by atoms with E-state index in [2.05, 4.69) is 4.98 Å². The molecule has 0 aliphatic carbocycles. The second-order valence-electron chi connectivity index (χ2n) is 6.00. The van der Waals surface area contributed by atoms with Gasteiger partial charge in [0, 0.05) is 11.1 Å². The van der Waals surface area contributed by atoms with Crippen LogP contribution in [0.5, 0.6) is 0 Å². The van der Waals surface area contributed by atoms with Gasteiger partial charge in [0.15, 0.2) is 5.69 Å². The van der Waals surface area contributed by atoms with Gasteiger partial charge in [-0.05, 0) is 18.6 Å². The zero-order chi connectivity index (χ0) is 19.4. The Morgan fingerprint density at radius 3 is 2.11 bits per heavy atom. The number of carbonyl (C=O) groups is 2. The Hall–Kier alpha value is -3.47. The number of rotatable bonds is 4. The molecule has 0 bridgehead atoms. The molecule has 1 aromatic heterocycles. The number of aryl methyl sites for hydroxylation is 1. The van der Waals surface area contributed by atoms with Crippen LogP contribution < -0.4 is 0 Å². The van der Waals surface area contributed by atoms with Gasteiger partial charge in [-0.15, -0.1) is 0 Å². The van der Waals surface area contributed by atoms with Crippen molar-refractivity contribution in [1.82, 2.24) is 4.98 Å². The molecule has 0 fully saturated rings. The highest BCUT2D eigenvalue weighted by molar-refractivity contribution is 6.07. The normalized spacial score (nSPS) is 10.3. The summed E-state index contributed by atoms with van der Waals surface area (Å²) in [5, 5.41) is 0. The number of benzene rings is 2. The molecule has 0 N–H and O–H groups in total. The van der Waals surface area contributed by atoms with Crippen molar-refractivity contribution in [3.05, 3.63) is 77.5 Å². The number of hydrogen-bond acceptors (Lipinski definition) is 5. The molecule has 0 saturated carbocycles. The molecule has 136 valence electrons. The lowest BCUT2D eigenvalue weighted by atomic mass is 9.95. The molecular weight excluding hydrogens is 342 g/mol. The molecule has 0 unspecified atom stereocenters. The van der Waals surface area contributed by atoms with Gasteiger partial charge in [-0.2, -0.15) is 0 Å². The van der Waals surface area contributed by atoms with Crippen LogP contribution in [0.2, 0.25) is 0 Å². The molecule has 0 spiro atoms. The molecule has 2 aromatic carbocycles. The van der Waals surface area contributed by atoms with E-state index < -0.39 is 11.9 Å². The number of ether oxygens (including phenoxy) is 2. The van der Waals surface area contributed by atoms with Crippen LogP contribution in [0.4, 0.5) is 0 Å². The fourth-order valence-corrected chi connectivity index (χ4v) is 2.90. The minimum absolute atomic E-state index is 0.0674. The molecule has 0 amide bonds. The SMILES string of the molecule is COC(=O)c1nc(-c2ccccc2)cc(-c2cccc(C)c2)c1C(=O)OC. The lowest BCUT2D eigenvalue weighted by Crippen LogP contribution is -2.16. The molecular formula is C22H19NO4. The summed E-state index contributed by atoms with van der Waals surface area (Å²) >= 11 is 0. The van der Waals surface area contributed by atoms with E-state index in [9.17, 15) is 9.59 Å². The van der Waals surface area contributed by atoms with Crippen LogP contribution in [0.3, 0.4) is 0 Å². The summed E-state index contributed by atoms with van der Waals surface area (Å²) < 4.78 is 9.79. The van der Waals surface area contributed by atoms with Crippen molar-refractivity contribution in [2.75, 3.05) is 14.2 Å². The van der Waals surface area contributed by atoms with E-state index in [1.807, 2.05) is 61.5 Å². The Morgan fingerprint density at radius 1 is 0.815 bits per heavy atom. The highest BCUT2D eigenvalue weighted by Gasteiger charge is 2.26. The Balaban J connectivity index is 2.37. The topological polar surface area (TPSA) is 65.5 Å². The van der Waals surface area contributed by atoms with Gasteiger partial charge in [0.05, 0.1) is 19.9 Å². The second kappa shape index (κ2) is 7.83. The fraction of sp³-hybridized carbons (Fsp3) is 0.136. The molecule has 0 aliphatic rings. The summed E-state index contributed by atoms with van der Waals surface area (Å²) in [6.07, 6.45) is 0. The Labute approximate surface area is 157 Å². The van der Waals surface area contributed by atoms with Crippen molar-refractivity contribution in [2.24, 2.45) is 0 Å². The maximum absolute atomic E-state index is 12.5. The van der Waals surface area contributed by atoms with Gasteiger partial charge >= 0.3 is 11.9 Å². The van der Waals surface area contributed by atoms with Crippen LogP contribution in [0.1, 0.15) is 26.4 Å². The number of hydrogen-bond donors (Lipinski definition) is 0. The average Bonchev–Trinajstić information content (AvgIpc) is 2.72.